The lowest BCUT2D eigenvalue weighted by atomic mass is 10.1. The maximum absolute atomic E-state index is 12.3. The SMILES string of the molecule is CCc1ccc(-c2nc(S[C@H](C)C(=O)Nc3ccccc3)n[nH]2)cc1. The molecular weight excluding hydrogens is 332 g/mol. The molecule has 2 N–H and O–H groups in total. The number of amides is 1. The molecule has 0 radical (unpaired) electrons. The van der Waals surface area contributed by atoms with Crippen LogP contribution in [-0.4, -0.2) is 26.3 Å². The zero-order chi connectivity index (χ0) is 17.6. The van der Waals surface area contributed by atoms with E-state index < -0.39 is 0 Å². The normalized spacial score (nSPS) is 11.9. The van der Waals surface area contributed by atoms with E-state index in [1.165, 1.54) is 17.3 Å². The summed E-state index contributed by atoms with van der Waals surface area (Å²) in [6, 6.07) is 17.6. The Morgan fingerprint density at radius 1 is 1.16 bits per heavy atom. The van der Waals surface area contributed by atoms with Crippen molar-refractivity contribution >= 4 is 23.4 Å². The molecular formula is C19H20N4OS. The number of aromatic amines is 1. The number of anilines is 1. The van der Waals surface area contributed by atoms with E-state index in [2.05, 4.69) is 39.6 Å². The molecule has 0 aliphatic rings. The minimum atomic E-state index is -0.300. The van der Waals surface area contributed by atoms with Gasteiger partial charge in [0.05, 0.1) is 5.25 Å². The van der Waals surface area contributed by atoms with Crippen LogP contribution in [0.1, 0.15) is 19.4 Å². The Morgan fingerprint density at radius 2 is 1.88 bits per heavy atom. The summed E-state index contributed by atoms with van der Waals surface area (Å²) in [5.74, 6) is 0.635. The van der Waals surface area contributed by atoms with Gasteiger partial charge in [-0.05, 0) is 31.0 Å². The maximum Gasteiger partial charge on any atom is 0.237 e. The molecule has 3 rings (SSSR count). The van der Waals surface area contributed by atoms with Crippen LogP contribution in [0.25, 0.3) is 11.4 Å². The maximum atomic E-state index is 12.3. The van der Waals surface area contributed by atoms with Gasteiger partial charge in [-0.25, -0.2) is 4.98 Å². The lowest BCUT2D eigenvalue weighted by molar-refractivity contribution is -0.115. The first-order chi connectivity index (χ1) is 12.2. The average molecular weight is 352 g/mol. The van der Waals surface area contributed by atoms with Crippen molar-refractivity contribution in [1.82, 2.24) is 15.2 Å². The third-order valence-corrected chi connectivity index (χ3v) is 4.75. The van der Waals surface area contributed by atoms with Crippen LogP contribution in [0.2, 0.25) is 0 Å². The molecule has 1 atom stereocenters. The topological polar surface area (TPSA) is 70.7 Å². The van der Waals surface area contributed by atoms with Crippen molar-refractivity contribution in [3.63, 3.8) is 0 Å². The Kier molecular flexibility index (Phi) is 5.50. The second kappa shape index (κ2) is 7.98. The second-order valence-corrected chi connectivity index (χ2v) is 6.94. The first-order valence-corrected chi connectivity index (χ1v) is 9.08. The number of H-pyrrole nitrogens is 1. The number of carbonyl (C=O) groups excluding carboxylic acids is 1. The van der Waals surface area contributed by atoms with Crippen molar-refractivity contribution in [1.29, 1.82) is 0 Å². The Bertz CT molecular complexity index is 830. The molecule has 0 aliphatic carbocycles. The van der Waals surface area contributed by atoms with Gasteiger partial charge in [-0.3, -0.25) is 9.89 Å². The number of carbonyl (C=O) groups is 1. The third kappa shape index (κ3) is 4.48. The Morgan fingerprint density at radius 3 is 2.56 bits per heavy atom. The summed E-state index contributed by atoms with van der Waals surface area (Å²) in [7, 11) is 0. The fourth-order valence-electron chi connectivity index (χ4n) is 2.30. The predicted octanol–water partition coefficient (Wildman–Crippen LogP) is 4.15. The number of aryl methyl sites for hydroxylation is 1. The molecule has 5 nitrogen and oxygen atoms in total. The van der Waals surface area contributed by atoms with Gasteiger partial charge in [0.25, 0.3) is 0 Å². The minimum absolute atomic E-state index is 0.0742. The van der Waals surface area contributed by atoms with Gasteiger partial charge in [0, 0.05) is 11.3 Å². The quantitative estimate of drug-likeness (QED) is 0.654. The number of rotatable bonds is 6. The van der Waals surface area contributed by atoms with Gasteiger partial charge >= 0.3 is 0 Å². The van der Waals surface area contributed by atoms with Crippen LogP contribution in [0.15, 0.2) is 59.8 Å². The molecule has 0 bridgehead atoms. The lowest BCUT2D eigenvalue weighted by Crippen LogP contribution is -2.22. The highest BCUT2D eigenvalue weighted by molar-refractivity contribution is 8.00. The molecule has 25 heavy (non-hydrogen) atoms. The van der Waals surface area contributed by atoms with Gasteiger partial charge in [-0.2, -0.15) is 0 Å². The van der Waals surface area contributed by atoms with E-state index in [1.54, 1.807) is 0 Å². The van der Waals surface area contributed by atoms with Crippen molar-refractivity contribution in [2.24, 2.45) is 0 Å². The van der Waals surface area contributed by atoms with Gasteiger partial charge in [0.1, 0.15) is 0 Å². The molecule has 128 valence electrons. The van der Waals surface area contributed by atoms with E-state index in [-0.39, 0.29) is 11.2 Å². The Balaban J connectivity index is 1.63. The van der Waals surface area contributed by atoms with Gasteiger partial charge in [-0.15, -0.1) is 5.10 Å². The highest BCUT2D eigenvalue weighted by Gasteiger charge is 2.17. The standard InChI is InChI=1S/C19H20N4OS/c1-3-14-9-11-15(12-10-14)17-21-19(23-22-17)25-13(2)18(24)20-16-7-5-4-6-8-16/h4-13H,3H2,1-2H3,(H,20,24)(H,21,22,23)/t13-/m1/s1. The first-order valence-electron chi connectivity index (χ1n) is 8.20. The highest BCUT2D eigenvalue weighted by Crippen LogP contribution is 2.23. The van der Waals surface area contributed by atoms with E-state index in [9.17, 15) is 4.79 Å². The van der Waals surface area contributed by atoms with Crippen molar-refractivity contribution in [3.05, 3.63) is 60.2 Å². The summed E-state index contributed by atoms with van der Waals surface area (Å²) >= 11 is 1.33. The zero-order valence-electron chi connectivity index (χ0n) is 14.2. The number of nitrogens with zero attached hydrogens (tertiary/aromatic N) is 2. The van der Waals surface area contributed by atoms with Crippen LogP contribution in [-0.2, 0) is 11.2 Å². The summed E-state index contributed by atoms with van der Waals surface area (Å²) < 4.78 is 0. The largest absolute Gasteiger partial charge is 0.325 e. The number of hydrogen-bond acceptors (Lipinski definition) is 4. The molecule has 0 saturated heterocycles. The van der Waals surface area contributed by atoms with Crippen LogP contribution in [0.3, 0.4) is 0 Å². The summed E-state index contributed by atoms with van der Waals surface area (Å²) in [5, 5.41) is 10.3. The van der Waals surface area contributed by atoms with Gasteiger partial charge in [0.15, 0.2) is 5.82 Å². The van der Waals surface area contributed by atoms with Gasteiger partial charge in [-0.1, -0.05) is 61.2 Å². The molecule has 0 saturated carbocycles. The summed E-state index contributed by atoms with van der Waals surface area (Å²) in [4.78, 5) is 16.7. The van der Waals surface area contributed by atoms with Gasteiger partial charge in [0.2, 0.25) is 11.1 Å². The molecule has 2 aromatic carbocycles. The zero-order valence-corrected chi connectivity index (χ0v) is 15.0. The number of nitrogens with one attached hydrogen (secondary N) is 2. The number of benzene rings is 2. The first kappa shape index (κ1) is 17.2. The smallest absolute Gasteiger partial charge is 0.237 e. The van der Waals surface area contributed by atoms with Crippen molar-refractivity contribution in [3.8, 4) is 11.4 Å². The van der Waals surface area contributed by atoms with Crippen molar-refractivity contribution < 1.29 is 4.79 Å². The molecule has 0 spiro atoms. The van der Waals surface area contributed by atoms with E-state index in [0.29, 0.717) is 11.0 Å². The highest BCUT2D eigenvalue weighted by atomic mass is 32.2. The van der Waals surface area contributed by atoms with Crippen LogP contribution in [0, 0.1) is 0 Å². The van der Waals surface area contributed by atoms with Crippen molar-refractivity contribution in [2.75, 3.05) is 5.32 Å². The third-order valence-electron chi connectivity index (χ3n) is 3.79. The Hall–Kier alpha value is -2.60. The predicted molar refractivity (Wildman–Crippen MR) is 102 cm³/mol. The van der Waals surface area contributed by atoms with Crippen molar-refractivity contribution in [2.45, 2.75) is 30.7 Å². The summed E-state index contributed by atoms with van der Waals surface area (Å²) in [5.41, 5.74) is 3.05. The fourth-order valence-corrected chi connectivity index (χ4v) is 3.03. The molecule has 1 aromatic heterocycles. The summed E-state index contributed by atoms with van der Waals surface area (Å²) in [6.45, 7) is 3.97. The van der Waals surface area contributed by atoms with Gasteiger partial charge < -0.3 is 5.32 Å². The molecule has 0 fully saturated rings. The number of hydrogen-bond donors (Lipinski definition) is 2. The molecule has 3 aromatic rings. The van der Waals surface area contributed by atoms with Crippen LogP contribution in [0.4, 0.5) is 5.69 Å². The summed E-state index contributed by atoms with van der Waals surface area (Å²) in [6.07, 6.45) is 1.01. The van der Waals surface area contributed by atoms with Crippen LogP contribution in [0.5, 0.6) is 0 Å². The molecule has 0 unspecified atom stereocenters. The second-order valence-electron chi connectivity index (χ2n) is 5.63. The molecule has 1 amide bonds. The number of thioether (sulfide) groups is 1. The van der Waals surface area contributed by atoms with Crippen LogP contribution < -0.4 is 5.32 Å². The monoisotopic (exact) mass is 352 g/mol. The van der Waals surface area contributed by atoms with E-state index in [0.717, 1.165) is 17.7 Å². The number of para-hydroxylation sites is 1. The number of aromatic nitrogens is 3. The average Bonchev–Trinajstić information content (AvgIpc) is 3.11. The minimum Gasteiger partial charge on any atom is -0.325 e. The van der Waals surface area contributed by atoms with E-state index in [1.807, 2.05) is 49.4 Å². The molecule has 1 heterocycles. The lowest BCUT2D eigenvalue weighted by Gasteiger charge is -2.09. The van der Waals surface area contributed by atoms with E-state index in [4.69, 9.17) is 0 Å². The van der Waals surface area contributed by atoms with E-state index >= 15 is 0 Å². The Labute approximate surface area is 151 Å². The van der Waals surface area contributed by atoms with Crippen LogP contribution >= 0.6 is 11.8 Å². The molecule has 6 heteroatoms. The molecule has 0 aliphatic heterocycles. The fraction of sp³-hybridized carbons (Fsp3) is 0.211.